The molecule has 2 fully saturated rings. The number of hydrogen-bond donors (Lipinski definition) is 1. The van der Waals surface area contributed by atoms with E-state index in [1.807, 2.05) is 25.7 Å². The molecule has 3 rings (SSSR count). The normalized spacial score (nSPS) is 19.1. The van der Waals surface area contributed by atoms with E-state index in [-0.39, 0.29) is 11.8 Å². The number of nitrogens with one attached hydrogen (secondary N) is 1. The summed E-state index contributed by atoms with van der Waals surface area (Å²) in [6.07, 6.45) is 3.47. The van der Waals surface area contributed by atoms with Crippen molar-refractivity contribution in [3.63, 3.8) is 0 Å². The van der Waals surface area contributed by atoms with Gasteiger partial charge in [-0.1, -0.05) is 17.7 Å². The molecule has 2 amide bonds. The Morgan fingerprint density at radius 2 is 1.59 bits per heavy atom. The summed E-state index contributed by atoms with van der Waals surface area (Å²) in [7, 11) is 0. The van der Waals surface area contributed by atoms with Gasteiger partial charge in [-0.15, -0.1) is 0 Å². The smallest absolute Gasteiger partial charge is 0.240 e. The van der Waals surface area contributed by atoms with Gasteiger partial charge in [-0.2, -0.15) is 0 Å². The average molecular weight is 300 g/mol. The van der Waals surface area contributed by atoms with Gasteiger partial charge in [0.05, 0.1) is 0 Å². The second-order valence-electron chi connectivity index (χ2n) is 6.81. The molecule has 0 bridgehead atoms. The monoisotopic (exact) mass is 300 g/mol. The first kappa shape index (κ1) is 15.1. The predicted molar refractivity (Wildman–Crippen MR) is 86.8 cm³/mol. The van der Waals surface area contributed by atoms with Gasteiger partial charge in [0.1, 0.15) is 5.41 Å². The van der Waals surface area contributed by atoms with Crippen LogP contribution in [0.15, 0.2) is 12.1 Å². The van der Waals surface area contributed by atoms with Crippen molar-refractivity contribution in [1.29, 1.82) is 0 Å². The lowest BCUT2D eigenvalue weighted by atomic mass is 10.0. The van der Waals surface area contributed by atoms with E-state index in [0.717, 1.165) is 42.7 Å². The molecule has 118 valence electrons. The Balaban J connectivity index is 1.78. The highest BCUT2D eigenvalue weighted by molar-refractivity contribution is 6.13. The van der Waals surface area contributed by atoms with Crippen molar-refractivity contribution < 1.29 is 9.59 Å². The van der Waals surface area contributed by atoms with E-state index in [4.69, 9.17) is 0 Å². The number of carbonyl (C=O) groups excluding carboxylic acids is 2. The number of hydrogen-bond acceptors (Lipinski definition) is 2. The highest BCUT2D eigenvalue weighted by atomic mass is 16.2. The largest absolute Gasteiger partial charge is 0.342 e. The lowest BCUT2D eigenvalue weighted by Gasteiger charge is -2.23. The van der Waals surface area contributed by atoms with Gasteiger partial charge in [-0.05, 0) is 57.6 Å². The van der Waals surface area contributed by atoms with Crippen LogP contribution < -0.4 is 5.32 Å². The van der Waals surface area contributed by atoms with E-state index in [1.165, 1.54) is 5.56 Å². The van der Waals surface area contributed by atoms with Crippen molar-refractivity contribution in [2.24, 2.45) is 5.41 Å². The maximum absolute atomic E-state index is 12.7. The fourth-order valence-electron chi connectivity index (χ4n) is 3.50. The summed E-state index contributed by atoms with van der Waals surface area (Å²) in [6.45, 7) is 7.65. The van der Waals surface area contributed by atoms with E-state index in [2.05, 4.69) is 17.4 Å². The van der Waals surface area contributed by atoms with Crippen LogP contribution in [0.2, 0.25) is 0 Å². The first-order chi connectivity index (χ1) is 10.4. The molecule has 0 radical (unpaired) electrons. The van der Waals surface area contributed by atoms with Crippen LogP contribution in [-0.2, 0) is 9.59 Å². The number of aryl methyl sites for hydroxylation is 3. The molecular formula is C18H24N2O2. The minimum Gasteiger partial charge on any atom is -0.342 e. The Kier molecular flexibility index (Phi) is 3.71. The third kappa shape index (κ3) is 2.51. The number of likely N-dealkylation sites (tertiary alicyclic amines) is 1. The number of carbonyl (C=O) groups is 2. The number of amides is 2. The van der Waals surface area contributed by atoms with E-state index >= 15 is 0 Å². The molecule has 1 saturated carbocycles. The fourth-order valence-corrected chi connectivity index (χ4v) is 3.50. The van der Waals surface area contributed by atoms with Crippen molar-refractivity contribution in [3.8, 4) is 0 Å². The lowest BCUT2D eigenvalue weighted by molar-refractivity contribution is -0.141. The Labute approximate surface area is 131 Å². The van der Waals surface area contributed by atoms with Gasteiger partial charge in [0.15, 0.2) is 0 Å². The van der Waals surface area contributed by atoms with Crippen LogP contribution in [0.1, 0.15) is 42.4 Å². The average Bonchev–Trinajstić information content (AvgIpc) is 3.09. The fraction of sp³-hybridized carbons (Fsp3) is 0.556. The Bertz CT molecular complexity index is 603. The summed E-state index contributed by atoms with van der Waals surface area (Å²) < 4.78 is 0. The standard InChI is InChI=1S/C18H24N2O2/c1-12-10-13(2)15(14(3)11-12)19-16(21)18(6-7-18)17(22)20-8-4-5-9-20/h10-11H,4-9H2,1-3H3,(H,19,21). The molecule has 1 N–H and O–H groups in total. The number of anilines is 1. The molecule has 4 heteroatoms. The van der Waals surface area contributed by atoms with Crippen molar-refractivity contribution in [2.45, 2.75) is 46.5 Å². The van der Waals surface area contributed by atoms with Gasteiger partial charge in [0.2, 0.25) is 11.8 Å². The van der Waals surface area contributed by atoms with Crippen LogP contribution >= 0.6 is 0 Å². The Morgan fingerprint density at radius 3 is 2.09 bits per heavy atom. The SMILES string of the molecule is Cc1cc(C)c(NC(=O)C2(C(=O)N3CCCC3)CC2)c(C)c1. The second kappa shape index (κ2) is 5.41. The first-order valence-electron chi connectivity index (χ1n) is 8.13. The molecule has 1 heterocycles. The molecule has 0 spiro atoms. The van der Waals surface area contributed by atoms with Crippen LogP contribution in [0.4, 0.5) is 5.69 Å². The summed E-state index contributed by atoms with van der Waals surface area (Å²) in [5.41, 5.74) is 3.35. The molecule has 2 aliphatic rings. The zero-order valence-electron chi connectivity index (χ0n) is 13.7. The molecule has 1 saturated heterocycles. The Morgan fingerprint density at radius 1 is 1.05 bits per heavy atom. The van der Waals surface area contributed by atoms with Crippen molar-refractivity contribution in [1.82, 2.24) is 4.90 Å². The van der Waals surface area contributed by atoms with Crippen molar-refractivity contribution >= 4 is 17.5 Å². The zero-order valence-corrected chi connectivity index (χ0v) is 13.7. The van der Waals surface area contributed by atoms with Crippen LogP contribution in [0, 0.1) is 26.2 Å². The summed E-state index contributed by atoms with van der Waals surface area (Å²) in [5.74, 6) is -0.0932. The van der Waals surface area contributed by atoms with Gasteiger partial charge in [-0.3, -0.25) is 9.59 Å². The summed E-state index contributed by atoms with van der Waals surface area (Å²) in [4.78, 5) is 27.2. The summed E-state index contributed by atoms with van der Waals surface area (Å²) in [6, 6.07) is 4.12. The van der Waals surface area contributed by atoms with Gasteiger partial charge in [0.25, 0.3) is 0 Å². The van der Waals surface area contributed by atoms with Crippen LogP contribution in [0.25, 0.3) is 0 Å². The molecule has 0 unspecified atom stereocenters. The van der Waals surface area contributed by atoms with E-state index in [0.29, 0.717) is 12.8 Å². The molecule has 4 nitrogen and oxygen atoms in total. The van der Waals surface area contributed by atoms with Crippen molar-refractivity contribution in [3.05, 3.63) is 28.8 Å². The maximum atomic E-state index is 12.7. The molecule has 1 aromatic carbocycles. The molecule has 0 aromatic heterocycles. The minimum atomic E-state index is -0.798. The van der Waals surface area contributed by atoms with Crippen LogP contribution in [-0.4, -0.2) is 29.8 Å². The third-order valence-electron chi connectivity index (χ3n) is 4.90. The summed E-state index contributed by atoms with van der Waals surface area (Å²) in [5, 5.41) is 3.03. The number of rotatable bonds is 3. The molecule has 1 aliphatic carbocycles. The molecule has 0 atom stereocenters. The third-order valence-corrected chi connectivity index (χ3v) is 4.90. The van der Waals surface area contributed by atoms with Gasteiger partial charge >= 0.3 is 0 Å². The second-order valence-corrected chi connectivity index (χ2v) is 6.81. The van der Waals surface area contributed by atoms with Crippen LogP contribution in [0.5, 0.6) is 0 Å². The highest BCUT2D eigenvalue weighted by Gasteiger charge is 2.58. The molecule has 1 aliphatic heterocycles. The predicted octanol–water partition coefficient (Wildman–Crippen LogP) is 2.95. The number of benzene rings is 1. The molecular weight excluding hydrogens is 276 g/mol. The topological polar surface area (TPSA) is 49.4 Å². The quantitative estimate of drug-likeness (QED) is 0.873. The zero-order chi connectivity index (χ0) is 15.9. The minimum absolute atomic E-state index is 0.0323. The summed E-state index contributed by atoms with van der Waals surface area (Å²) >= 11 is 0. The van der Waals surface area contributed by atoms with Gasteiger partial charge in [0, 0.05) is 18.8 Å². The van der Waals surface area contributed by atoms with Gasteiger partial charge < -0.3 is 10.2 Å². The van der Waals surface area contributed by atoms with E-state index in [9.17, 15) is 9.59 Å². The van der Waals surface area contributed by atoms with Crippen LogP contribution in [0.3, 0.4) is 0 Å². The molecule has 1 aromatic rings. The number of nitrogens with zero attached hydrogens (tertiary/aromatic N) is 1. The van der Waals surface area contributed by atoms with E-state index in [1.54, 1.807) is 0 Å². The lowest BCUT2D eigenvalue weighted by Crippen LogP contribution is -2.41. The maximum Gasteiger partial charge on any atom is 0.240 e. The molecule has 22 heavy (non-hydrogen) atoms. The Hall–Kier alpha value is -1.84. The highest BCUT2D eigenvalue weighted by Crippen LogP contribution is 2.48. The van der Waals surface area contributed by atoms with Gasteiger partial charge in [-0.25, -0.2) is 0 Å². The van der Waals surface area contributed by atoms with E-state index < -0.39 is 5.41 Å². The van der Waals surface area contributed by atoms with Crippen molar-refractivity contribution in [2.75, 3.05) is 18.4 Å². The first-order valence-corrected chi connectivity index (χ1v) is 8.13.